The van der Waals surface area contributed by atoms with E-state index < -0.39 is 5.41 Å². The minimum atomic E-state index is -0.613. The van der Waals surface area contributed by atoms with Crippen LogP contribution < -0.4 is 5.32 Å². The van der Waals surface area contributed by atoms with Crippen molar-refractivity contribution in [3.63, 3.8) is 0 Å². The van der Waals surface area contributed by atoms with Crippen molar-refractivity contribution >= 4 is 40.1 Å². The standard InChI is InChI=1S/C36H35ClN4O3/c37-28-8-6-23(7-9-28)29-3-1-5-32(29)41(34(42)24-10-13-44-14-11-24)21-22-15-25-16-26-18-36(19-27(26)17-31(25)39-20-22)30-4-2-12-38-33(30)40-35(36)43/h2,4,6-9,12,15-17,20,24,29,32H,1,3,5,10-11,13-14,18-19,21H2,(H,38,40,43)/t29?,32?,36-/m0/s1. The molecule has 8 heteroatoms. The number of carbonyl (C=O) groups is 2. The zero-order valence-electron chi connectivity index (χ0n) is 24.6. The summed E-state index contributed by atoms with van der Waals surface area (Å²) in [5.74, 6) is 1.19. The maximum Gasteiger partial charge on any atom is 0.237 e. The number of nitrogens with one attached hydrogen (secondary N) is 1. The predicted molar refractivity (Wildman–Crippen MR) is 170 cm³/mol. The van der Waals surface area contributed by atoms with Gasteiger partial charge in [0.1, 0.15) is 5.82 Å². The number of carbonyl (C=O) groups excluding carboxylic acids is 2. The Morgan fingerprint density at radius 2 is 1.80 bits per heavy atom. The van der Waals surface area contributed by atoms with E-state index in [0.717, 1.165) is 64.7 Å². The maximum atomic E-state index is 14.2. The van der Waals surface area contributed by atoms with Gasteiger partial charge in [-0.25, -0.2) is 4.98 Å². The Balaban J connectivity index is 1.11. The van der Waals surface area contributed by atoms with Crippen molar-refractivity contribution < 1.29 is 14.3 Å². The molecule has 0 radical (unpaired) electrons. The molecule has 4 aliphatic rings. The topological polar surface area (TPSA) is 84.4 Å². The number of amides is 2. The third-order valence-corrected chi connectivity index (χ3v) is 10.7. The lowest BCUT2D eigenvalue weighted by atomic mass is 9.79. The van der Waals surface area contributed by atoms with Gasteiger partial charge in [0.05, 0.1) is 10.9 Å². The van der Waals surface area contributed by atoms with E-state index in [4.69, 9.17) is 21.3 Å². The van der Waals surface area contributed by atoms with Crippen LogP contribution >= 0.6 is 11.6 Å². The fourth-order valence-electron chi connectivity index (χ4n) is 8.18. The first-order chi connectivity index (χ1) is 21.5. The van der Waals surface area contributed by atoms with E-state index in [0.29, 0.717) is 38.4 Å². The minimum Gasteiger partial charge on any atom is -0.381 e. The fourth-order valence-corrected chi connectivity index (χ4v) is 8.30. The van der Waals surface area contributed by atoms with Crippen LogP contribution in [0.3, 0.4) is 0 Å². The lowest BCUT2D eigenvalue weighted by molar-refractivity contribution is -0.142. The first kappa shape index (κ1) is 27.7. The van der Waals surface area contributed by atoms with Gasteiger partial charge in [0, 0.05) is 66.0 Å². The number of fused-ring (bicyclic) bond motifs is 4. The van der Waals surface area contributed by atoms with Crippen LogP contribution in [0.2, 0.25) is 5.02 Å². The largest absolute Gasteiger partial charge is 0.381 e. The normalized spacial score (nSPS) is 24.4. The first-order valence-electron chi connectivity index (χ1n) is 15.8. The van der Waals surface area contributed by atoms with Crippen molar-refractivity contribution in [1.82, 2.24) is 14.9 Å². The average Bonchev–Trinajstić information content (AvgIpc) is 3.75. The Morgan fingerprint density at radius 1 is 1.00 bits per heavy atom. The number of hydrogen-bond donors (Lipinski definition) is 1. The minimum absolute atomic E-state index is 0.0157. The zero-order chi connectivity index (χ0) is 29.8. The van der Waals surface area contributed by atoms with Gasteiger partial charge in [-0.3, -0.25) is 14.6 Å². The van der Waals surface area contributed by atoms with Crippen LogP contribution in [-0.4, -0.2) is 45.9 Å². The van der Waals surface area contributed by atoms with E-state index in [2.05, 4.69) is 45.5 Å². The second kappa shape index (κ2) is 11.0. The van der Waals surface area contributed by atoms with E-state index in [1.54, 1.807) is 6.20 Å². The molecule has 2 fully saturated rings. The molecule has 2 unspecified atom stereocenters. The molecule has 4 aromatic rings. The summed E-state index contributed by atoms with van der Waals surface area (Å²) in [5.41, 5.74) is 5.90. The molecule has 1 spiro atoms. The van der Waals surface area contributed by atoms with Crippen LogP contribution in [0.25, 0.3) is 10.9 Å². The number of halogens is 1. The number of nitrogens with zero attached hydrogens (tertiary/aromatic N) is 3. The van der Waals surface area contributed by atoms with Crippen molar-refractivity contribution in [3.05, 3.63) is 99.8 Å². The van der Waals surface area contributed by atoms with Crippen molar-refractivity contribution in [1.29, 1.82) is 0 Å². The Morgan fingerprint density at radius 3 is 2.61 bits per heavy atom. The van der Waals surface area contributed by atoms with Gasteiger partial charge >= 0.3 is 0 Å². The molecule has 224 valence electrons. The molecule has 1 saturated heterocycles. The highest BCUT2D eigenvalue weighted by Gasteiger charge is 2.51. The van der Waals surface area contributed by atoms with Crippen LogP contribution in [0, 0.1) is 5.92 Å². The lowest BCUT2D eigenvalue weighted by Crippen LogP contribution is -2.45. The molecule has 2 aliphatic heterocycles. The van der Waals surface area contributed by atoms with E-state index in [-0.39, 0.29) is 29.7 Å². The van der Waals surface area contributed by atoms with Crippen LogP contribution in [0.4, 0.5) is 5.82 Å². The zero-order valence-corrected chi connectivity index (χ0v) is 25.4. The number of aromatic nitrogens is 2. The van der Waals surface area contributed by atoms with Crippen molar-refractivity contribution in [2.45, 2.75) is 68.9 Å². The number of rotatable bonds is 5. The summed E-state index contributed by atoms with van der Waals surface area (Å²) in [4.78, 5) is 38.9. The van der Waals surface area contributed by atoms with Gasteiger partial charge in [-0.05, 0) is 97.2 Å². The van der Waals surface area contributed by atoms with Crippen LogP contribution in [0.1, 0.15) is 65.8 Å². The molecular weight excluding hydrogens is 572 g/mol. The molecule has 1 N–H and O–H groups in total. The van der Waals surface area contributed by atoms with Crippen LogP contribution in [0.5, 0.6) is 0 Å². The summed E-state index contributed by atoms with van der Waals surface area (Å²) in [6.07, 6.45) is 9.60. The highest BCUT2D eigenvalue weighted by Crippen LogP contribution is 2.47. The summed E-state index contributed by atoms with van der Waals surface area (Å²) < 4.78 is 5.60. The van der Waals surface area contributed by atoms with Gasteiger partial charge in [-0.1, -0.05) is 36.2 Å². The predicted octanol–water partition coefficient (Wildman–Crippen LogP) is 6.36. The van der Waals surface area contributed by atoms with Crippen molar-refractivity contribution in [2.75, 3.05) is 18.5 Å². The van der Waals surface area contributed by atoms with Gasteiger partial charge in [-0.15, -0.1) is 0 Å². The van der Waals surface area contributed by atoms with Crippen LogP contribution in [-0.2, 0) is 39.1 Å². The number of pyridine rings is 2. The summed E-state index contributed by atoms with van der Waals surface area (Å²) in [7, 11) is 0. The van der Waals surface area contributed by atoms with Crippen molar-refractivity contribution in [2.24, 2.45) is 5.92 Å². The van der Waals surface area contributed by atoms with E-state index in [9.17, 15) is 9.59 Å². The molecular formula is C36H35ClN4O3. The summed E-state index contributed by atoms with van der Waals surface area (Å²) >= 11 is 6.22. The smallest absolute Gasteiger partial charge is 0.237 e. The Kier molecular flexibility index (Phi) is 6.91. The van der Waals surface area contributed by atoms with Gasteiger partial charge in [-0.2, -0.15) is 0 Å². The third-order valence-electron chi connectivity index (χ3n) is 10.4. The first-order valence-corrected chi connectivity index (χ1v) is 16.2. The second-order valence-corrected chi connectivity index (χ2v) is 13.4. The lowest BCUT2D eigenvalue weighted by Gasteiger charge is -2.37. The van der Waals surface area contributed by atoms with E-state index in [1.165, 1.54) is 11.1 Å². The third kappa shape index (κ3) is 4.68. The molecule has 2 aliphatic carbocycles. The quantitative estimate of drug-likeness (QED) is 0.286. The average molecular weight is 607 g/mol. The Hall–Kier alpha value is -3.81. The fraction of sp³-hybridized carbons (Fsp3) is 0.389. The Bertz CT molecular complexity index is 1770. The van der Waals surface area contributed by atoms with Gasteiger partial charge < -0.3 is 15.0 Å². The monoisotopic (exact) mass is 606 g/mol. The summed E-state index contributed by atoms with van der Waals surface area (Å²) in [6, 6.07) is 18.7. The van der Waals surface area contributed by atoms with Crippen LogP contribution in [0.15, 0.2) is 67.0 Å². The Labute approximate surface area is 262 Å². The molecule has 3 atom stereocenters. The number of benzene rings is 2. The second-order valence-electron chi connectivity index (χ2n) is 13.0. The molecule has 2 aromatic heterocycles. The summed E-state index contributed by atoms with van der Waals surface area (Å²) in [5, 5.41) is 4.77. The van der Waals surface area contributed by atoms with Gasteiger partial charge in [0.2, 0.25) is 11.8 Å². The van der Waals surface area contributed by atoms with E-state index >= 15 is 0 Å². The molecule has 7 nitrogen and oxygen atoms in total. The number of ether oxygens (including phenoxy) is 1. The molecule has 0 bridgehead atoms. The van der Waals surface area contributed by atoms with Crippen molar-refractivity contribution in [3.8, 4) is 0 Å². The highest BCUT2D eigenvalue weighted by molar-refractivity contribution is 6.30. The SMILES string of the molecule is O=C(C1CCOCC1)N(Cc1cnc2cc3c(cc2c1)C[C@@]1(C3)C(=O)Nc2ncccc21)C1CCCC1c1ccc(Cl)cc1. The maximum absolute atomic E-state index is 14.2. The number of anilines is 1. The molecule has 1 saturated carbocycles. The molecule has 2 amide bonds. The molecule has 2 aromatic carbocycles. The highest BCUT2D eigenvalue weighted by atomic mass is 35.5. The van der Waals surface area contributed by atoms with Gasteiger partial charge in [0.15, 0.2) is 0 Å². The van der Waals surface area contributed by atoms with Gasteiger partial charge in [0.25, 0.3) is 0 Å². The summed E-state index contributed by atoms with van der Waals surface area (Å²) in [6.45, 7) is 1.80. The van der Waals surface area contributed by atoms with E-state index in [1.807, 2.05) is 30.5 Å². The number of hydrogen-bond acceptors (Lipinski definition) is 5. The molecule has 8 rings (SSSR count). The molecule has 44 heavy (non-hydrogen) atoms. The molecule has 4 heterocycles.